The number of aliphatic carboxylic acids is 1. The summed E-state index contributed by atoms with van der Waals surface area (Å²) in [5.41, 5.74) is -1.12. The minimum absolute atomic E-state index is 0.0728. The molecule has 1 heterocycles. The number of hydrogen-bond acceptors (Lipinski definition) is 3. The standard InChI is InChI=1S/C14H24N2O4/c1-13(2)5-3-4-10(13)15-12(19)16-14(11(17)18)6-8-20-9-7-14/h10H,3-9H2,1-2H3,(H,17,18)(H2,15,16,19). The van der Waals surface area contributed by atoms with E-state index in [1.54, 1.807) is 0 Å². The van der Waals surface area contributed by atoms with E-state index in [2.05, 4.69) is 24.5 Å². The molecule has 3 N–H and O–H groups in total. The topological polar surface area (TPSA) is 87.7 Å². The zero-order chi connectivity index (χ0) is 14.8. The molecule has 0 spiro atoms. The van der Waals surface area contributed by atoms with Gasteiger partial charge in [-0.05, 0) is 18.3 Å². The molecule has 6 heteroatoms. The molecule has 0 bridgehead atoms. The molecule has 1 atom stereocenters. The number of carbonyl (C=O) groups is 2. The summed E-state index contributed by atoms with van der Waals surface area (Å²) in [5.74, 6) is -0.985. The van der Waals surface area contributed by atoms with Crippen LogP contribution in [0.2, 0.25) is 0 Å². The van der Waals surface area contributed by atoms with E-state index in [4.69, 9.17) is 4.74 Å². The molecular weight excluding hydrogens is 260 g/mol. The second-order valence-electron chi connectivity index (χ2n) is 6.53. The van der Waals surface area contributed by atoms with E-state index in [-0.39, 0.29) is 17.5 Å². The van der Waals surface area contributed by atoms with Crippen LogP contribution in [0.1, 0.15) is 46.0 Å². The van der Waals surface area contributed by atoms with Gasteiger partial charge in [0, 0.05) is 32.1 Å². The minimum Gasteiger partial charge on any atom is -0.480 e. The smallest absolute Gasteiger partial charge is 0.329 e. The Balaban J connectivity index is 1.97. The van der Waals surface area contributed by atoms with Crippen LogP contribution in [0.15, 0.2) is 0 Å². The average Bonchev–Trinajstić information content (AvgIpc) is 2.69. The van der Waals surface area contributed by atoms with Crippen molar-refractivity contribution in [2.45, 2.75) is 57.5 Å². The molecule has 2 amide bonds. The van der Waals surface area contributed by atoms with Gasteiger partial charge in [0.1, 0.15) is 5.54 Å². The first-order chi connectivity index (χ1) is 9.36. The van der Waals surface area contributed by atoms with Gasteiger partial charge in [-0.2, -0.15) is 0 Å². The van der Waals surface area contributed by atoms with Crippen molar-refractivity contribution in [2.75, 3.05) is 13.2 Å². The molecule has 1 aliphatic carbocycles. The lowest BCUT2D eigenvalue weighted by Gasteiger charge is -2.35. The summed E-state index contributed by atoms with van der Waals surface area (Å²) < 4.78 is 5.19. The molecule has 0 aromatic rings. The second kappa shape index (κ2) is 5.60. The highest BCUT2D eigenvalue weighted by Crippen LogP contribution is 2.37. The van der Waals surface area contributed by atoms with E-state index < -0.39 is 11.5 Å². The Bertz CT molecular complexity index is 389. The van der Waals surface area contributed by atoms with Gasteiger partial charge < -0.3 is 20.5 Å². The molecule has 1 saturated heterocycles. The zero-order valence-electron chi connectivity index (χ0n) is 12.2. The third-order valence-electron chi connectivity index (χ3n) is 4.67. The predicted octanol–water partition coefficient (Wildman–Crippen LogP) is 1.50. The van der Waals surface area contributed by atoms with Crippen molar-refractivity contribution < 1.29 is 19.4 Å². The van der Waals surface area contributed by atoms with Gasteiger partial charge in [0.2, 0.25) is 0 Å². The van der Waals surface area contributed by atoms with Crippen LogP contribution in [0, 0.1) is 5.41 Å². The number of nitrogens with one attached hydrogen (secondary N) is 2. The van der Waals surface area contributed by atoms with Crippen LogP contribution >= 0.6 is 0 Å². The van der Waals surface area contributed by atoms with Crippen LogP contribution in [-0.4, -0.2) is 41.9 Å². The molecule has 0 radical (unpaired) electrons. The summed E-state index contributed by atoms with van der Waals surface area (Å²) in [7, 11) is 0. The summed E-state index contributed by atoms with van der Waals surface area (Å²) in [6, 6.07) is -0.275. The maximum atomic E-state index is 12.1. The van der Waals surface area contributed by atoms with Crippen molar-refractivity contribution in [3.63, 3.8) is 0 Å². The van der Waals surface area contributed by atoms with Gasteiger partial charge in [-0.25, -0.2) is 9.59 Å². The Morgan fingerprint density at radius 3 is 2.35 bits per heavy atom. The monoisotopic (exact) mass is 284 g/mol. The SMILES string of the molecule is CC1(C)CCCC1NC(=O)NC1(C(=O)O)CCOCC1. The largest absolute Gasteiger partial charge is 0.480 e. The molecule has 2 rings (SSSR count). The van der Waals surface area contributed by atoms with E-state index in [1.165, 1.54) is 0 Å². The van der Waals surface area contributed by atoms with Crippen LogP contribution in [0.4, 0.5) is 4.79 Å². The van der Waals surface area contributed by atoms with E-state index >= 15 is 0 Å². The van der Waals surface area contributed by atoms with Crippen molar-refractivity contribution in [1.82, 2.24) is 10.6 Å². The Hall–Kier alpha value is -1.30. The number of carboxylic acid groups (broad SMARTS) is 1. The van der Waals surface area contributed by atoms with Crippen molar-refractivity contribution in [3.05, 3.63) is 0 Å². The van der Waals surface area contributed by atoms with Crippen molar-refractivity contribution in [1.29, 1.82) is 0 Å². The molecule has 20 heavy (non-hydrogen) atoms. The Kier molecular flexibility index (Phi) is 4.22. The van der Waals surface area contributed by atoms with E-state index in [0.717, 1.165) is 19.3 Å². The fourth-order valence-electron chi connectivity index (χ4n) is 3.12. The highest BCUT2D eigenvalue weighted by molar-refractivity contribution is 5.86. The van der Waals surface area contributed by atoms with Crippen LogP contribution in [0.5, 0.6) is 0 Å². The zero-order valence-corrected chi connectivity index (χ0v) is 12.2. The van der Waals surface area contributed by atoms with Gasteiger partial charge in [-0.3, -0.25) is 0 Å². The quantitative estimate of drug-likeness (QED) is 0.733. The normalized spacial score (nSPS) is 27.8. The first kappa shape index (κ1) is 15.1. The molecular formula is C14H24N2O4. The van der Waals surface area contributed by atoms with Gasteiger partial charge in [0.15, 0.2) is 0 Å². The number of amides is 2. The summed E-state index contributed by atoms with van der Waals surface area (Å²) in [6.07, 6.45) is 3.74. The lowest BCUT2D eigenvalue weighted by Crippen LogP contribution is -2.61. The first-order valence-corrected chi connectivity index (χ1v) is 7.26. The number of hydrogen-bond donors (Lipinski definition) is 3. The van der Waals surface area contributed by atoms with Crippen molar-refractivity contribution in [2.24, 2.45) is 5.41 Å². The predicted molar refractivity (Wildman–Crippen MR) is 73.5 cm³/mol. The highest BCUT2D eigenvalue weighted by Gasteiger charge is 2.43. The summed E-state index contributed by atoms with van der Waals surface area (Å²) >= 11 is 0. The Labute approximate surface area is 119 Å². The molecule has 1 aliphatic heterocycles. The van der Waals surface area contributed by atoms with E-state index in [0.29, 0.717) is 26.1 Å². The summed E-state index contributed by atoms with van der Waals surface area (Å²) in [5, 5.41) is 15.0. The molecule has 2 aliphatic rings. The lowest BCUT2D eigenvalue weighted by molar-refractivity contribution is -0.148. The number of rotatable bonds is 3. The average molecular weight is 284 g/mol. The molecule has 0 aromatic heterocycles. The molecule has 2 fully saturated rings. The molecule has 114 valence electrons. The number of ether oxygens (including phenoxy) is 1. The second-order valence-corrected chi connectivity index (χ2v) is 6.53. The fraction of sp³-hybridized carbons (Fsp3) is 0.857. The van der Waals surface area contributed by atoms with Gasteiger partial charge >= 0.3 is 12.0 Å². The van der Waals surface area contributed by atoms with Crippen LogP contribution in [0.3, 0.4) is 0 Å². The first-order valence-electron chi connectivity index (χ1n) is 7.26. The van der Waals surface area contributed by atoms with Crippen LogP contribution in [-0.2, 0) is 9.53 Å². The maximum absolute atomic E-state index is 12.1. The van der Waals surface area contributed by atoms with Gasteiger partial charge in [0.25, 0.3) is 0 Å². The van der Waals surface area contributed by atoms with Crippen molar-refractivity contribution in [3.8, 4) is 0 Å². The molecule has 1 unspecified atom stereocenters. The fourth-order valence-corrected chi connectivity index (χ4v) is 3.12. The highest BCUT2D eigenvalue weighted by atomic mass is 16.5. The molecule has 0 aromatic carbocycles. The maximum Gasteiger partial charge on any atom is 0.329 e. The Morgan fingerprint density at radius 1 is 1.20 bits per heavy atom. The Morgan fingerprint density at radius 2 is 1.85 bits per heavy atom. The lowest BCUT2D eigenvalue weighted by atomic mass is 9.87. The third-order valence-corrected chi connectivity index (χ3v) is 4.67. The van der Waals surface area contributed by atoms with Crippen molar-refractivity contribution >= 4 is 12.0 Å². The summed E-state index contributed by atoms with van der Waals surface area (Å²) in [6.45, 7) is 4.99. The number of urea groups is 1. The number of carboxylic acids is 1. The molecule has 6 nitrogen and oxygen atoms in total. The van der Waals surface area contributed by atoms with Gasteiger partial charge in [-0.1, -0.05) is 20.3 Å². The third kappa shape index (κ3) is 3.06. The van der Waals surface area contributed by atoms with Gasteiger partial charge in [0.05, 0.1) is 0 Å². The van der Waals surface area contributed by atoms with Gasteiger partial charge in [-0.15, -0.1) is 0 Å². The summed E-state index contributed by atoms with van der Waals surface area (Å²) in [4.78, 5) is 23.6. The van der Waals surface area contributed by atoms with Crippen LogP contribution < -0.4 is 10.6 Å². The van der Waals surface area contributed by atoms with Crippen LogP contribution in [0.25, 0.3) is 0 Å². The van der Waals surface area contributed by atoms with E-state index in [1.807, 2.05) is 0 Å². The minimum atomic E-state index is -1.19. The van der Waals surface area contributed by atoms with E-state index in [9.17, 15) is 14.7 Å². The number of carbonyl (C=O) groups excluding carboxylic acids is 1. The molecule has 1 saturated carbocycles.